The zero-order valence-corrected chi connectivity index (χ0v) is 22.3. The Bertz CT molecular complexity index is 1600. The molecule has 2 heterocycles. The van der Waals surface area contributed by atoms with E-state index in [-0.39, 0.29) is 11.8 Å². The van der Waals surface area contributed by atoms with Crippen LogP contribution >= 0.6 is 0 Å². The van der Waals surface area contributed by atoms with Crippen LogP contribution in [-0.2, 0) is 11.3 Å². The molecule has 1 aliphatic rings. The highest BCUT2D eigenvalue weighted by Gasteiger charge is 2.35. The van der Waals surface area contributed by atoms with Crippen LogP contribution in [0.25, 0.3) is 21.8 Å². The van der Waals surface area contributed by atoms with E-state index in [9.17, 15) is 4.79 Å². The van der Waals surface area contributed by atoms with E-state index in [1.165, 1.54) is 5.39 Å². The Kier molecular flexibility index (Phi) is 7.17. The Morgan fingerprint density at radius 1 is 0.846 bits per heavy atom. The summed E-state index contributed by atoms with van der Waals surface area (Å²) < 4.78 is 14.3. The molecule has 0 bridgehead atoms. The number of ether oxygens (including phenoxy) is 2. The number of fused-ring (bicyclic) bond motifs is 2. The van der Waals surface area contributed by atoms with Gasteiger partial charge in [0.25, 0.3) is 0 Å². The second-order valence-electron chi connectivity index (χ2n) is 9.95. The summed E-state index contributed by atoms with van der Waals surface area (Å²) in [7, 11) is 0. The highest BCUT2D eigenvalue weighted by Crippen LogP contribution is 2.37. The number of imidazole rings is 1. The van der Waals surface area contributed by atoms with Gasteiger partial charge in [-0.2, -0.15) is 0 Å². The molecule has 198 valence electrons. The van der Waals surface area contributed by atoms with Crippen molar-refractivity contribution < 1.29 is 14.3 Å². The van der Waals surface area contributed by atoms with Crippen molar-refractivity contribution in [2.75, 3.05) is 24.7 Å². The minimum atomic E-state index is 0.0199. The fourth-order valence-electron chi connectivity index (χ4n) is 5.59. The van der Waals surface area contributed by atoms with Crippen LogP contribution in [0.2, 0.25) is 0 Å². The van der Waals surface area contributed by atoms with Crippen LogP contribution in [0.15, 0.2) is 91.0 Å². The first-order valence-electron chi connectivity index (χ1n) is 13.8. The van der Waals surface area contributed by atoms with Gasteiger partial charge >= 0.3 is 0 Å². The first-order valence-corrected chi connectivity index (χ1v) is 13.8. The van der Waals surface area contributed by atoms with Gasteiger partial charge < -0.3 is 18.9 Å². The number of unbranched alkanes of at least 4 members (excludes halogenated alkanes) is 1. The summed E-state index contributed by atoms with van der Waals surface area (Å²) in [5, 5.41) is 2.33. The third-order valence-electron chi connectivity index (χ3n) is 7.41. The standard InChI is InChI=1S/C33H33N3O3/c1-2-38-31-18-8-7-17-29(31)36-23-25(22-32(36)37)33-34-27-15-5-6-16-28(27)35(33)20-9-10-21-39-30-19-11-13-24-12-3-4-14-26(24)30/h3-8,11-19,25H,2,9-10,20-23H2,1H3. The van der Waals surface area contributed by atoms with Crippen molar-refractivity contribution in [1.29, 1.82) is 0 Å². The smallest absolute Gasteiger partial charge is 0.227 e. The van der Waals surface area contributed by atoms with E-state index < -0.39 is 0 Å². The minimum Gasteiger partial charge on any atom is -0.493 e. The SMILES string of the molecule is CCOc1ccccc1N1CC(c2nc3ccccc3n2CCCCOc2cccc3ccccc23)CC1=O. The van der Waals surface area contributed by atoms with Crippen molar-refractivity contribution in [1.82, 2.24) is 9.55 Å². The summed E-state index contributed by atoms with van der Waals surface area (Å²) in [5.41, 5.74) is 2.92. The number of benzene rings is 4. The molecule has 4 aromatic carbocycles. The summed E-state index contributed by atoms with van der Waals surface area (Å²) >= 11 is 0. The Morgan fingerprint density at radius 2 is 1.62 bits per heavy atom. The number of carbonyl (C=O) groups excluding carboxylic acids is 1. The average molecular weight is 520 g/mol. The van der Waals surface area contributed by atoms with E-state index in [1.807, 2.05) is 66.4 Å². The van der Waals surface area contributed by atoms with Gasteiger partial charge in [-0.25, -0.2) is 4.98 Å². The number of hydrogen-bond donors (Lipinski definition) is 0. The van der Waals surface area contributed by atoms with Gasteiger partial charge in [0, 0.05) is 30.8 Å². The molecule has 5 aromatic rings. The molecular formula is C33H33N3O3. The van der Waals surface area contributed by atoms with Crippen molar-refractivity contribution in [3.05, 3.63) is 96.8 Å². The molecule has 0 spiro atoms. The lowest BCUT2D eigenvalue weighted by molar-refractivity contribution is -0.117. The molecule has 6 nitrogen and oxygen atoms in total. The van der Waals surface area contributed by atoms with E-state index in [2.05, 4.69) is 41.0 Å². The molecule has 0 radical (unpaired) electrons. The second-order valence-corrected chi connectivity index (χ2v) is 9.95. The van der Waals surface area contributed by atoms with Crippen LogP contribution in [-0.4, -0.2) is 35.2 Å². The topological polar surface area (TPSA) is 56.6 Å². The number of hydrogen-bond acceptors (Lipinski definition) is 4. The van der Waals surface area contributed by atoms with Crippen LogP contribution in [0, 0.1) is 0 Å². The molecule has 1 aromatic heterocycles. The van der Waals surface area contributed by atoms with Gasteiger partial charge in [-0.05, 0) is 55.5 Å². The number of anilines is 1. The predicted octanol–water partition coefficient (Wildman–Crippen LogP) is 6.97. The molecule has 39 heavy (non-hydrogen) atoms. The van der Waals surface area contributed by atoms with Crippen molar-refractivity contribution >= 4 is 33.4 Å². The van der Waals surface area contributed by atoms with Gasteiger partial charge in [0.1, 0.15) is 17.3 Å². The third-order valence-corrected chi connectivity index (χ3v) is 7.41. The number of aromatic nitrogens is 2. The Balaban J connectivity index is 1.17. The molecule has 1 fully saturated rings. The maximum absolute atomic E-state index is 13.2. The van der Waals surface area contributed by atoms with Crippen LogP contribution < -0.4 is 14.4 Å². The van der Waals surface area contributed by atoms with E-state index in [1.54, 1.807) is 0 Å². The highest BCUT2D eigenvalue weighted by atomic mass is 16.5. The first-order chi connectivity index (χ1) is 19.2. The van der Waals surface area contributed by atoms with Crippen LogP contribution in [0.4, 0.5) is 5.69 Å². The molecule has 1 unspecified atom stereocenters. The van der Waals surface area contributed by atoms with Gasteiger partial charge in [0.2, 0.25) is 5.91 Å². The summed E-state index contributed by atoms with van der Waals surface area (Å²) in [6.45, 7) is 4.59. The molecule has 0 saturated carbocycles. The molecule has 1 aliphatic heterocycles. The molecule has 0 aliphatic carbocycles. The lowest BCUT2D eigenvalue weighted by Gasteiger charge is -2.20. The summed E-state index contributed by atoms with van der Waals surface area (Å²) in [6, 6.07) is 30.5. The summed E-state index contributed by atoms with van der Waals surface area (Å²) in [6.07, 6.45) is 2.32. The van der Waals surface area contributed by atoms with E-state index in [4.69, 9.17) is 14.5 Å². The van der Waals surface area contributed by atoms with Crippen LogP contribution in [0.5, 0.6) is 11.5 Å². The first kappa shape index (κ1) is 25.0. The lowest BCUT2D eigenvalue weighted by Crippen LogP contribution is -2.25. The van der Waals surface area contributed by atoms with E-state index in [0.717, 1.165) is 58.8 Å². The predicted molar refractivity (Wildman–Crippen MR) is 156 cm³/mol. The summed E-state index contributed by atoms with van der Waals surface area (Å²) in [4.78, 5) is 20.1. The van der Waals surface area contributed by atoms with Gasteiger partial charge in [-0.15, -0.1) is 0 Å². The lowest BCUT2D eigenvalue weighted by atomic mass is 10.1. The number of amides is 1. The fraction of sp³-hybridized carbons (Fsp3) is 0.273. The quantitative estimate of drug-likeness (QED) is 0.187. The number of para-hydroxylation sites is 4. The number of nitrogens with zero attached hydrogens (tertiary/aromatic N) is 3. The second kappa shape index (κ2) is 11.2. The zero-order chi connectivity index (χ0) is 26.6. The van der Waals surface area contributed by atoms with Gasteiger partial charge in [0.15, 0.2) is 0 Å². The van der Waals surface area contributed by atoms with Crippen molar-refractivity contribution in [2.45, 2.75) is 38.6 Å². The Hall–Kier alpha value is -4.32. The van der Waals surface area contributed by atoms with Crippen molar-refractivity contribution in [3.8, 4) is 11.5 Å². The highest BCUT2D eigenvalue weighted by molar-refractivity contribution is 5.98. The monoisotopic (exact) mass is 519 g/mol. The average Bonchev–Trinajstić information content (AvgIpc) is 3.54. The molecule has 1 amide bonds. The zero-order valence-electron chi connectivity index (χ0n) is 22.3. The van der Waals surface area contributed by atoms with E-state index >= 15 is 0 Å². The van der Waals surface area contributed by atoms with Gasteiger partial charge in [-0.1, -0.05) is 60.7 Å². The molecular weight excluding hydrogens is 486 g/mol. The Morgan fingerprint density at radius 3 is 2.54 bits per heavy atom. The normalized spacial score (nSPS) is 15.4. The molecule has 6 rings (SSSR count). The van der Waals surface area contributed by atoms with E-state index in [0.29, 0.717) is 26.2 Å². The Labute approximate surface area is 228 Å². The molecule has 1 saturated heterocycles. The van der Waals surface area contributed by atoms with Crippen molar-refractivity contribution in [2.24, 2.45) is 0 Å². The minimum absolute atomic E-state index is 0.0199. The third kappa shape index (κ3) is 5.07. The van der Waals surface area contributed by atoms with Crippen LogP contribution in [0.1, 0.15) is 37.9 Å². The largest absolute Gasteiger partial charge is 0.493 e. The van der Waals surface area contributed by atoms with Gasteiger partial charge in [-0.3, -0.25) is 4.79 Å². The number of rotatable bonds is 10. The molecule has 1 atom stereocenters. The maximum atomic E-state index is 13.2. The van der Waals surface area contributed by atoms with Crippen molar-refractivity contribution in [3.63, 3.8) is 0 Å². The molecule has 6 heteroatoms. The fourth-order valence-corrected chi connectivity index (χ4v) is 5.59. The number of carbonyl (C=O) groups is 1. The molecule has 0 N–H and O–H groups in total. The van der Waals surface area contributed by atoms with Crippen LogP contribution in [0.3, 0.4) is 0 Å². The summed E-state index contributed by atoms with van der Waals surface area (Å²) in [5.74, 6) is 2.78. The number of aryl methyl sites for hydroxylation is 1. The maximum Gasteiger partial charge on any atom is 0.227 e. The van der Waals surface area contributed by atoms with Gasteiger partial charge in [0.05, 0.1) is 29.9 Å².